The summed E-state index contributed by atoms with van der Waals surface area (Å²) in [6.45, 7) is -0.132. The van der Waals surface area contributed by atoms with Crippen LogP contribution < -0.4 is 20.3 Å². The van der Waals surface area contributed by atoms with Gasteiger partial charge in [-0.1, -0.05) is 0 Å². The predicted molar refractivity (Wildman–Crippen MR) is 92.1 cm³/mol. The summed E-state index contributed by atoms with van der Waals surface area (Å²) in [5, 5.41) is 5.03. The Morgan fingerprint density at radius 1 is 1.29 bits per heavy atom. The third kappa shape index (κ3) is 3.09. The summed E-state index contributed by atoms with van der Waals surface area (Å²) in [5.74, 6) is 0.742. The maximum absolute atomic E-state index is 12.3. The molecule has 1 amide bonds. The van der Waals surface area contributed by atoms with Crippen LogP contribution in [0, 0.1) is 0 Å². The Morgan fingerprint density at radius 2 is 2.12 bits per heavy atom. The van der Waals surface area contributed by atoms with Gasteiger partial charge in [-0.15, -0.1) is 11.3 Å². The molecule has 8 heteroatoms. The van der Waals surface area contributed by atoms with Crippen LogP contribution in [-0.2, 0) is 11.3 Å². The van der Waals surface area contributed by atoms with Crippen LogP contribution >= 0.6 is 11.3 Å². The Morgan fingerprint density at radius 3 is 2.88 bits per heavy atom. The fourth-order valence-corrected chi connectivity index (χ4v) is 2.98. The molecule has 0 saturated heterocycles. The highest BCUT2D eigenvalue weighted by Crippen LogP contribution is 2.28. The van der Waals surface area contributed by atoms with E-state index in [0.29, 0.717) is 27.4 Å². The van der Waals surface area contributed by atoms with Gasteiger partial charge in [-0.25, -0.2) is 4.98 Å². The number of ether oxygens (including phenoxy) is 2. The normalized spacial score (nSPS) is 10.6. The molecular formula is C16H15N3O4S. The highest BCUT2D eigenvalue weighted by molar-refractivity contribution is 7.16. The molecule has 0 bridgehead atoms. The van der Waals surface area contributed by atoms with E-state index in [1.165, 1.54) is 29.3 Å². The Bertz CT molecular complexity index is 948. The van der Waals surface area contributed by atoms with Crippen molar-refractivity contribution in [1.29, 1.82) is 0 Å². The molecule has 124 valence electrons. The summed E-state index contributed by atoms with van der Waals surface area (Å²) < 4.78 is 11.6. The predicted octanol–water partition coefficient (Wildman–Crippen LogP) is 2.11. The summed E-state index contributed by atoms with van der Waals surface area (Å²) >= 11 is 1.39. The summed E-state index contributed by atoms with van der Waals surface area (Å²) in [7, 11) is 3.05. The summed E-state index contributed by atoms with van der Waals surface area (Å²) in [6, 6.07) is 6.76. The van der Waals surface area contributed by atoms with Crippen LogP contribution in [0.2, 0.25) is 0 Å². The second-order valence-electron chi connectivity index (χ2n) is 4.93. The first-order valence-electron chi connectivity index (χ1n) is 7.07. The van der Waals surface area contributed by atoms with E-state index in [4.69, 9.17) is 9.47 Å². The second-order valence-corrected chi connectivity index (χ2v) is 5.83. The van der Waals surface area contributed by atoms with Crippen molar-refractivity contribution in [2.24, 2.45) is 0 Å². The third-order valence-corrected chi connectivity index (χ3v) is 4.27. The summed E-state index contributed by atoms with van der Waals surface area (Å²) in [5.41, 5.74) is 0.263. The van der Waals surface area contributed by atoms with Crippen LogP contribution in [-0.4, -0.2) is 29.7 Å². The van der Waals surface area contributed by atoms with Crippen LogP contribution in [0.3, 0.4) is 0 Å². The van der Waals surface area contributed by atoms with Crippen LogP contribution in [0.25, 0.3) is 10.2 Å². The second kappa shape index (κ2) is 6.71. The molecule has 0 radical (unpaired) electrons. The molecule has 0 atom stereocenters. The monoisotopic (exact) mass is 345 g/mol. The standard InChI is InChI=1S/C16H15N3O4S/c1-22-10-3-4-12(13(7-10)23-2)18-14(20)8-19-9-17-15-11(16(19)21)5-6-24-15/h3-7,9H,8H2,1-2H3,(H,18,20). The van der Waals surface area contributed by atoms with Crippen LogP contribution in [0.1, 0.15) is 0 Å². The van der Waals surface area contributed by atoms with E-state index < -0.39 is 0 Å². The van der Waals surface area contributed by atoms with E-state index in [1.54, 1.807) is 36.8 Å². The number of nitrogens with one attached hydrogen (secondary N) is 1. The lowest BCUT2D eigenvalue weighted by molar-refractivity contribution is -0.116. The molecule has 1 aromatic carbocycles. The number of methoxy groups -OCH3 is 2. The van der Waals surface area contributed by atoms with E-state index >= 15 is 0 Å². The Labute approximate surface area is 141 Å². The van der Waals surface area contributed by atoms with E-state index in [2.05, 4.69) is 10.3 Å². The lowest BCUT2D eigenvalue weighted by atomic mass is 10.2. The van der Waals surface area contributed by atoms with Crippen molar-refractivity contribution in [3.8, 4) is 11.5 Å². The first-order chi connectivity index (χ1) is 11.6. The van der Waals surface area contributed by atoms with Gasteiger partial charge in [0.1, 0.15) is 22.9 Å². The zero-order chi connectivity index (χ0) is 17.1. The maximum Gasteiger partial charge on any atom is 0.262 e. The molecule has 0 fully saturated rings. The zero-order valence-corrected chi connectivity index (χ0v) is 13.9. The number of aromatic nitrogens is 2. The molecule has 3 aromatic rings. The average Bonchev–Trinajstić information content (AvgIpc) is 3.07. The molecule has 0 aliphatic rings. The quantitative estimate of drug-likeness (QED) is 0.766. The molecule has 0 spiro atoms. The Hall–Kier alpha value is -2.87. The molecule has 0 saturated carbocycles. The number of fused-ring (bicyclic) bond motifs is 1. The van der Waals surface area contributed by atoms with Gasteiger partial charge >= 0.3 is 0 Å². The van der Waals surface area contributed by atoms with E-state index in [0.717, 1.165) is 0 Å². The van der Waals surface area contributed by atoms with Crippen molar-refractivity contribution in [1.82, 2.24) is 9.55 Å². The Kier molecular flexibility index (Phi) is 4.48. The van der Waals surface area contributed by atoms with Crippen molar-refractivity contribution in [2.75, 3.05) is 19.5 Å². The lowest BCUT2D eigenvalue weighted by Gasteiger charge is -2.12. The molecule has 3 rings (SSSR count). The average molecular weight is 345 g/mol. The van der Waals surface area contributed by atoms with Gasteiger partial charge in [0.25, 0.3) is 5.56 Å². The largest absolute Gasteiger partial charge is 0.497 e. The fourth-order valence-electron chi connectivity index (χ4n) is 2.25. The van der Waals surface area contributed by atoms with Crippen LogP contribution in [0.15, 0.2) is 40.8 Å². The van der Waals surface area contributed by atoms with Gasteiger partial charge in [0.05, 0.1) is 31.6 Å². The highest BCUT2D eigenvalue weighted by atomic mass is 32.1. The molecule has 1 N–H and O–H groups in total. The van der Waals surface area contributed by atoms with Gasteiger partial charge in [-0.05, 0) is 23.6 Å². The van der Waals surface area contributed by atoms with E-state index in [1.807, 2.05) is 0 Å². The van der Waals surface area contributed by atoms with Crippen molar-refractivity contribution < 1.29 is 14.3 Å². The number of anilines is 1. The van der Waals surface area contributed by atoms with Crippen molar-refractivity contribution >= 4 is 33.1 Å². The van der Waals surface area contributed by atoms with Gasteiger partial charge < -0.3 is 14.8 Å². The van der Waals surface area contributed by atoms with Gasteiger partial charge in [0, 0.05) is 6.07 Å². The number of benzene rings is 1. The molecular weight excluding hydrogens is 330 g/mol. The SMILES string of the molecule is COc1ccc(NC(=O)Cn2cnc3sccc3c2=O)c(OC)c1. The van der Waals surface area contributed by atoms with E-state index in [9.17, 15) is 9.59 Å². The number of nitrogens with zero attached hydrogens (tertiary/aromatic N) is 2. The summed E-state index contributed by atoms with van der Waals surface area (Å²) in [4.78, 5) is 29.4. The number of amides is 1. The number of hydrogen-bond donors (Lipinski definition) is 1. The fraction of sp³-hybridized carbons (Fsp3) is 0.188. The third-order valence-electron chi connectivity index (χ3n) is 3.45. The smallest absolute Gasteiger partial charge is 0.262 e. The van der Waals surface area contributed by atoms with Crippen molar-refractivity contribution in [2.45, 2.75) is 6.54 Å². The number of carbonyl (C=O) groups is 1. The number of thiophene rings is 1. The lowest BCUT2D eigenvalue weighted by Crippen LogP contribution is -2.27. The van der Waals surface area contributed by atoms with Gasteiger partial charge in [-0.2, -0.15) is 0 Å². The van der Waals surface area contributed by atoms with Crippen LogP contribution in [0.4, 0.5) is 5.69 Å². The van der Waals surface area contributed by atoms with E-state index in [-0.39, 0.29) is 18.0 Å². The number of carbonyl (C=O) groups excluding carboxylic acids is 1. The van der Waals surface area contributed by atoms with Crippen molar-refractivity contribution in [3.63, 3.8) is 0 Å². The molecule has 0 aliphatic heterocycles. The van der Waals surface area contributed by atoms with Gasteiger partial charge in [-0.3, -0.25) is 14.2 Å². The Balaban J connectivity index is 1.80. The summed E-state index contributed by atoms with van der Waals surface area (Å²) in [6.07, 6.45) is 1.38. The minimum Gasteiger partial charge on any atom is -0.497 e. The zero-order valence-electron chi connectivity index (χ0n) is 13.1. The maximum atomic E-state index is 12.3. The molecule has 7 nitrogen and oxygen atoms in total. The topological polar surface area (TPSA) is 82.5 Å². The van der Waals surface area contributed by atoms with Gasteiger partial charge in [0.15, 0.2) is 0 Å². The molecule has 0 unspecified atom stereocenters. The van der Waals surface area contributed by atoms with Gasteiger partial charge in [0.2, 0.25) is 5.91 Å². The first-order valence-corrected chi connectivity index (χ1v) is 7.95. The molecule has 2 aromatic heterocycles. The molecule has 2 heterocycles. The highest BCUT2D eigenvalue weighted by Gasteiger charge is 2.12. The minimum absolute atomic E-state index is 0.132. The number of hydrogen-bond acceptors (Lipinski definition) is 6. The van der Waals surface area contributed by atoms with Crippen LogP contribution in [0.5, 0.6) is 11.5 Å². The van der Waals surface area contributed by atoms with Crippen molar-refractivity contribution in [3.05, 3.63) is 46.3 Å². The minimum atomic E-state index is -0.350. The molecule has 24 heavy (non-hydrogen) atoms. The molecule has 0 aliphatic carbocycles. The number of rotatable bonds is 5. The first kappa shape index (κ1) is 16.0.